The second-order valence-corrected chi connectivity index (χ2v) is 4.60. The molecule has 0 amide bonds. The van der Waals surface area contributed by atoms with Gasteiger partial charge in [-0.15, -0.1) is 0 Å². The van der Waals surface area contributed by atoms with Crippen LogP contribution in [0.4, 0.5) is 5.69 Å². The Morgan fingerprint density at radius 3 is 2.73 bits per heavy atom. The van der Waals surface area contributed by atoms with Crippen molar-refractivity contribution in [2.75, 3.05) is 19.0 Å². The third-order valence-electron chi connectivity index (χ3n) is 3.32. The number of ether oxygens (including phenoxy) is 1. The molecule has 0 saturated heterocycles. The molecule has 2 heteroatoms. The summed E-state index contributed by atoms with van der Waals surface area (Å²) in [7, 11) is 1.73. The van der Waals surface area contributed by atoms with Gasteiger partial charge < -0.3 is 10.1 Å². The smallest absolute Gasteiger partial charge is 0.142 e. The molecule has 1 N–H and O–H groups in total. The molecule has 1 unspecified atom stereocenters. The monoisotopic (exact) mass is 205 g/mol. The maximum atomic E-state index is 5.38. The predicted molar refractivity (Wildman–Crippen MR) is 63.8 cm³/mol. The number of nitrogens with one attached hydrogen (secondary N) is 1. The topological polar surface area (TPSA) is 21.3 Å². The van der Waals surface area contributed by atoms with E-state index in [1.807, 2.05) is 6.07 Å². The summed E-state index contributed by atoms with van der Waals surface area (Å²) in [4.78, 5) is 0. The SMILES string of the molecule is COc1ccc(C)c2c1NCC2C(C)C. The lowest BCUT2D eigenvalue weighted by Crippen LogP contribution is -2.09. The average molecular weight is 205 g/mol. The zero-order valence-electron chi connectivity index (χ0n) is 9.92. The Morgan fingerprint density at radius 1 is 1.40 bits per heavy atom. The minimum Gasteiger partial charge on any atom is -0.495 e. The molecule has 0 spiro atoms. The van der Waals surface area contributed by atoms with E-state index in [1.54, 1.807) is 7.11 Å². The van der Waals surface area contributed by atoms with Gasteiger partial charge in [-0.05, 0) is 30.0 Å². The van der Waals surface area contributed by atoms with Crippen LogP contribution in [0.15, 0.2) is 12.1 Å². The maximum Gasteiger partial charge on any atom is 0.142 e. The molecule has 1 aliphatic rings. The standard InChI is InChI=1S/C13H19NO/c1-8(2)10-7-14-13-11(15-4)6-5-9(3)12(10)13/h5-6,8,10,14H,7H2,1-4H3. The molecule has 15 heavy (non-hydrogen) atoms. The van der Waals surface area contributed by atoms with Gasteiger partial charge in [0.05, 0.1) is 12.8 Å². The Hall–Kier alpha value is -1.18. The molecule has 1 aliphatic heterocycles. The first-order valence-corrected chi connectivity index (χ1v) is 5.56. The fourth-order valence-electron chi connectivity index (χ4n) is 2.42. The van der Waals surface area contributed by atoms with E-state index in [0.29, 0.717) is 11.8 Å². The summed E-state index contributed by atoms with van der Waals surface area (Å²) < 4.78 is 5.38. The van der Waals surface area contributed by atoms with Gasteiger partial charge in [-0.25, -0.2) is 0 Å². The van der Waals surface area contributed by atoms with Crippen molar-refractivity contribution in [2.45, 2.75) is 26.7 Å². The van der Waals surface area contributed by atoms with E-state index in [2.05, 4.69) is 32.2 Å². The Labute approximate surface area is 91.6 Å². The normalized spacial score (nSPS) is 18.9. The van der Waals surface area contributed by atoms with Crippen LogP contribution in [-0.4, -0.2) is 13.7 Å². The fourth-order valence-corrected chi connectivity index (χ4v) is 2.42. The van der Waals surface area contributed by atoms with E-state index in [-0.39, 0.29) is 0 Å². The minimum atomic E-state index is 0.620. The van der Waals surface area contributed by atoms with Crippen molar-refractivity contribution >= 4 is 5.69 Å². The molecule has 2 rings (SSSR count). The molecule has 82 valence electrons. The van der Waals surface area contributed by atoms with E-state index < -0.39 is 0 Å². The van der Waals surface area contributed by atoms with Crippen molar-refractivity contribution in [3.63, 3.8) is 0 Å². The highest BCUT2D eigenvalue weighted by Gasteiger charge is 2.28. The first-order chi connectivity index (χ1) is 7.15. The largest absolute Gasteiger partial charge is 0.495 e. The van der Waals surface area contributed by atoms with E-state index in [4.69, 9.17) is 4.74 Å². The lowest BCUT2D eigenvalue weighted by molar-refractivity contribution is 0.416. The number of benzene rings is 1. The van der Waals surface area contributed by atoms with Crippen LogP contribution in [0.1, 0.15) is 30.9 Å². The number of hydrogen-bond donors (Lipinski definition) is 1. The number of methoxy groups -OCH3 is 1. The van der Waals surface area contributed by atoms with Crippen LogP contribution in [0.25, 0.3) is 0 Å². The molecule has 0 saturated carbocycles. The van der Waals surface area contributed by atoms with Crippen LogP contribution in [0, 0.1) is 12.8 Å². The van der Waals surface area contributed by atoms with Crippen LogP contribution in [-0.2, 0) is 0 Å². The van der Waals surface area contributed by atoms with Gasteiger partial charge in [-0.3, -0.25) is 0 Å². The molecule has 1 aromatic rings. The van der Waals surface area contributed by atoms with Gasteiger partial charge >= 0.3 is 0 Å². The Balaban J connectivity index is 2.51. The third kappa shape index (κ3) is 1.58. The van der Waals surface area contributed by atoms with Gasteiger partial charge in [-0.1, -0.05) is 19.9 Å². The zero-order valence-corrected chi connectivity index (χ0v) is 9.92. The number of aryl methyl sites for hydroxylation is 1. The van der Waals surface area contributed by atoms with Crippen LogP contribution >= 0.6 is 0 Å². The van der Waals surface area contributed by atoms with Gasteiger partial charge in [0.1, 0.15) is 5.75 Å². The Bertz CT molecular complexity index is 371. The molecule has 2 nitrogen and oxygen atoms in total. The van der Waals surface area contributed by atoms with Crippen LogP contribution in [0.5, 0.6) is 5.75 Å². The highest BCUT2D eigenvalue weighted by atomic mass is 16.5. The summed E-state index contributed by atoms with van der Waals surface area (Å²) in [5, 5.41) is 3.47. The summed E-state index contributed by atoms with van der Waals surface area (Å²) in [5.74, 6) is 2.26. The molecule has 1 heterocycles. The fraction of sp³-hybridized carbons (Fsp3) is 0.538. The summed E-state index contributed by atoms with van der Waals surface area (Å²) in [6, 6.07) is 4.20. The number of anilines is 1. The van der Waals surface area contributed by atoms with Crippen molar-refractivity contribution < 1.29 is 4.74 Å². The van der Waals surface area contributed by atoms with Crippen molar-refractivity contribution in [1.82, 2.24) is 0 Å². The van der Waals surface area contributed by atoms with Gasteiger partial charge in [0.15, 0.2) is 0 Å². The summed E-state index contributed by atoms with van der Waals surface area (Å²) in [6.07, 6.45) is 0. The van der Waals surface area contributed by atoms with Crippen molar-refractivity contribution in [2.24, 2.45) is 5.92 Å². The van der Waals surface area contributed by atoms with Crippen LogP contribution < -0.4 is 10.1 Å². The molecular weight excluding hydrogens is 186 g/mol. The van der Waals surface area contributed by atoms with Crippen molar-refractivity contribution in [3.05, 3.63) is 23.3 Å². The molecule has 0 bridgehead atoms. The molecule has 0 radical (unpaired) electrons. The lowest BCUT2D eigenvalue weighted by atomic mass is 9.87. The molecule has 0 aromatic heterocycles. The summed E-state index contributed by atoms with van der Waals surface area (Å²) in [5.41, 5.74) is 4.02. The van der Waals surface area contributed by atoms with E-state index in [9.17, 15) is 0 Å². The van der Waals surface area contributed by atoms with E-state index in [1.165, 1.54) is 16.8 Å². The molecule has 0 aliphatic carbocycles. The van der Waals surface area contributed by atoms with Crippen molar-refractivity contribution in [1.29, 1.82) is 0 Å². The Kier molecular flexibility index (Phi) is 2.59. The zero-order chi connectivity index (χ0) is 11.0. The minimum absolute atomic E-state index is 0.620. The first-order valence-electron chi connectivity index (χ1n) is 5.56. The van der Waals surface area contributed by atoms with Crippen molar-refractivity contribution in [3.8, 4) is 5.75 Å². The maximum absolute atomic E-state index is 5.38. The van der Waals surface area contributed by atoms with E-state index in [0.717, 1.165) is 12.3 Å². The highest BCUT2D eigenvalue weighted by molar-refractivity contribution is 5.69. The van der Waals surface area contributed by atoms with Gasteiger partial charge in [0, 0.05) is 12.5 Å². The van der Waals surface area contributed by atoms with Crippen LogP contribution in [0.3, 0.4) is 0 Å². The second kappa shape index (κ2) is 3.76. The molecule has 0 fully saturated rings. The first kappa shape index (κ1) is 10.3. The number of rotatable bonds is 2. The molecular formula is C13H19NO. The second-order valence-electron chi connectivity index (χ2n) is 4.60. The van der Waals surface area contributed by atoms with Gasteiger partial charge in [0.2, 0.25) is 0 Å². The third-order valence-corrected chi connectivity index (χ3v) is 3.32. The Morgan fingerprint density at radius 2 is 2.13 bits per heavy atom. The van der Waals surface area contributed by atoms with Crippen LogP contribution in [0.2, 0.25) is 0 Å². The highest BCUT2D eigenvalue weighted by Crippen LogP contribution is 2.43. The summed E-state index contributed by atoms with van der Waals surface area (Å²) >= 11 is 0. The quantitative estimate of drug-likeness (QED) is 0.800. The number of hydrogen-bond acceptors (Lipinski definition) is 2. The van der Waals surface area contributed by atoms with Gasteiger partial charge in [-0.2, -0.15) is 0 Å². The number of fused-ring (bicyclic) bond motifs is 1. The predicted octanol–water partition coefficient (Wildman–Crippen LogP) is 3.17. The summed E-state index contributed by atoms with van der Waals surface area (Å²) in [6.45, 7) is 7.77. The lowest BCUT2D eigenvalue weighted by Gasteiger charge is -2.17. The average Bonchev–Trinajstić information content (AvgIpc) is 2.63. The van der Waals surface area contributed by atoms with Gasteiger partial charge in [0.25, 0.3) is 0 Å². The van der Waals surface area contributed by atoms with E-state index >= 15 is 0 Å². The molecule has 1 atom stereocenters. The molecule has 1 aromatic carbocycles.